The third kappa shape index (κ3) is 4.79. The number of hydrogen-bond acceptors (Lipinski definition) is 2. The first-order valence-electron chi connectivity index (χ1n) is 6.01. The largest absolute Gasteiger partial charge is 0.417 e. The molecule has 1 amide bonds. The molecule has 0 bridgehead atoms. The van der Waals surface area contributed by atoms with Gasteiger partial charge in [0.15, 0.2) is 0 Å². The monoisotopic (exact) mass is 353 g/mol. The lowest BCUT2D eigenvalue weighted by Gasteiger charge is -2.15. The summed E-state index contributed by atoms with van der Waals surface area (Å²) in [5.41, 5.74) is -0.911. The summed E-state index contributed by atoms with van der Waals surface area (Å²) < 4.78 is 43.3. The van der Waals surface area contributed by atoms with E-state index in [2.05, 4.69) is 21.2 Å². The zero-order valence-electron chi connectivity index (χ0n) is 11.1. The van der Waals surface area contributed by atoms with E-state index in [0.29, 0.717) is 13.2 Å². The summed E-state index contributed by atoms with van der Waals surface area (Å²) in [5, 5.41) is 2.58. The van der Waals surface area contributed by atoms with Crippen LogP contribution in [0.2, 0.25) is 0 Å². The number of rotatable bonds is 5. The van der Waals surface area contributed by atoms with Gasteiger partial charge in [-0.2, -0.15) is 13.2 Å². The van der Waals surface area contributed by atoms with Crippen LogP contribution in [0, 0.1) is 0 Å². The van der Waals surface area contributed by atoms with E-state index >= 15 is 0 Å². The first-order valence-corrected chi connectivity index (χ1v) is 6.80. The highest BCUT2D eigenvalue weighted by molar-refractivity contribution is 9.10. The van der Waals surface area contributed by atoms with Gasteiger partial charge in [-0.25, -0.2) is 0 Å². The third-order valence-electron chi connectivity index (χ3n) is 2.48. The van der Waals surface area contributed by atoms with Gasteiger partial charge in [-0.3, -0.25) is 4.79 Å². The highest BCUT2D eigenvalue weighted by atomic mass is 79.9. The van der Waals surface area contributed by atoms with Crippen molar-refractivity contribution in [3.63, 3.8) is 0 Å². The minimum absolute atomic E-state index is 0.0381. The lowest BCUT2D eigenvalue weighted by Crippen LogP contribution is -2.36. The Kier molecular flexibility index (Phi) is 6.01. The van der Waals surface area contributed by atoms with Crippen molar-refractivity contribution in [1.82, 2.24) is 5.32 Å². The summed E-state index contributed by atoms with van der Waals surface area (Å²) in [5.74, 6) is -0.560. The topological polar surface area (TPSA) is 38.3 Å². The van der Waals surface area contributed by atoms with Gasteiger partial charge in [0.2, 0.25) is 0 Å². The maximum atomic E-state index is 12.7. The summed E-state index contributed by atoms with van der Waals surface area (Å²) in [6.07, 6.45) is -4.51. The van der Waals surface area contributed by atoms with Crippen molar-refractivity contribution in [2.24, 2.45) is 0 Å². The van der Waals surface area contributed by atoms with Crippen LogP contribution in [0.5, 0.6) is 0 Å². The SMILES string of the molecule is CCOCC(C)NC(=O)c1ccc(Br)c(C(F)(F)F)c1. The van der Waals surface area contributed by atoms with Crippen LogP contribution in [0.1, 0.15) is 29.8 Å². The molecule has 0 aliphatic rings. The van der Waals surface area contributed by atoms with Gasteiger partial charge >= 0.3 is 6.18 Å². The highest BCUT2D eigenvalue weighted by Gasteiger charge is 2.33. The van der Waals surface area contributed by atoms with E-state index < -0.39 is 17.6 Å². The number of amides is 1. The molecule has 0 aromatic heterocycles. The molecule has 7 heteroatoms. The third-order valence-corrected chi connectivity index (χ3v) is 3.17. The minimum Gasteiger partial charge on any atom is -0.380 e. The number of carbonyl (C=O) groups is 1. The molecule has 0 radical (unpaired) electrons. The Balaban J connectivity index is 2.84. The van der Waals surface area contributed by atoms with Crippen LogP contribution in [0.3, 0.4) is 0 Å². The van der Waals surface area contributed by atoms with Crippen LogP contribution in [-0.4, -0.2) is 25.2 Å². The molecule has 0 spiro atoms. The van der Waals surface area contributed by atoms with Crippen LogP contribution in [-0.2, 0) is 10.9 Å². The lowest BCUT2D eigenvalue weighted by molar-refractivity contribution is -0.138. The van der Waals surface area contributed by atoms with Crippen molar-refractivity contribution >= 4 is 21.8 Å². The van der Waals surface area contributed by atoms with Gasteiger partial charge in [-0.15, -0.1) is 0 Å². The van der Waals surface area contributed by atoms with Crippen molar-refractivity contribution in [3.05, 3.63) is 33.8 Å². The van der Waals surface area contributed by atoms with E-state index in [1.54, 1.807) is 6.92 Å². The van der Waals surface area contributed by atoms with E-state index in [1.165, 1.54) is 12.1 Å². The summed E-state index contributed by atoms with van der Waals surface area (Å²) >= 11 is 2.83. The second-order valence-corrected chi connectivity index (χ2v) is 5.08. The van der Waals surface area contributed by atoms with Gasteiger partial charge in [0.1, 0.15) is 0 Å². The van der Waals surface area contributed by atoms with E-state index in [4.69, 9.17) is 4.74 Å². The number of benzene rings is 1. The number of carbonyl (C=O) groups excluding carboxylic acids is 1. The average Bonchev–Trinajstić information content (AvgIpc) is 2.35. The lowest BCUT2D eigenvalue weighted by atomic mass is 10.1. The molecular weight excluding hydrogens is 339 g/mol. The molecule has 1 unspecified atom stereocenters. The Morgan fingerprint density at radius 2 is 2.10 bits per heavy atom. The summed E-state index contributed by atoms with van der Waals surface area (Å²) in [6.45, 7) is 4.36. The van der Waals surface area contributed by atoms with Crippen LogP contribution >= 0.6 is 15.9 Å². The zero-order valence-corrected chi connectivity index (χ0v) is 12.6. The Morgan fingerprint density at radius 3 is 2.65 bits per heavy atom. The van der Waals surface area contributed by atoms with Gasteiger partial charge < -0.3 is 10.1 Å². The van der Waals surface area contributed by atoms with Crippen LogP contribution in [0.4, 0.5) is 13.2 Å². The van der Waals surface area contributed by atoms with E-state index in [0.717, 1.165) is 6.07 Å². The van der Waals surface area contributed by atoms with Crippen molar-refractivity contribution in [2.45, 2.75) is 26.1 Å². The predicted octanol–water partition coefficient (Wildman–Crippen LogP) is 3.62. The number of alkyl halides is 3. The van der Waals surface area contributed by atoms with Crippen LogP contribution < -0.4 is 5.32 Å². The molecule has 0 saturated carbocycles. The van der Waals surface area contributed by atoms with Crippen molar-refractivity contribution in [1.29, 1.82) is 0 Å². The Hall–Kier alpha value is -1.08. The molecule has 1 atom stereocenters. The molecule has 1 N–H and O–H groups in total. The fraction of sp³-hybridized carbons (Fsp3) is 0.462. The average molecular weight is 354 g/mol. The first-order chi connectivity index (χ1) is 9.25. The minimum atomic E-state index is -4.51. The fourth-order valence-corrected chi connectivity index (χ4v) is 2.00. The maximum absolute atomic E-state index is 12.7. The molecule has 3 nitrogen and oxygen atoms in total. The van der Waals surface area contributed by atoms with E-state index in [9.17, 15) is 18.0 Å². The molecule has 0 aliphatic carbocycles. The summed E-state index contributed by atoms with van der Waals surface area (Å²) in [4.78, 5) is 11.9. The molecular formula is C13H15BrF3NO2. The molecule has 1 aromatic carbocycles. The second-order valence-electron chi connectivity index (χ2n) is 4.23. The van der Waals surface area contributed by atoms with Crippen molar-refractivity contribution in [3.8, 4) is 0 Å². The number of halogens is 4. The maximum Gasteiger partial charge on any atom is 0.417 e. The van der Waals surface area contributed by atoms with Gasteiger partial charge in [0.05, 0.1) is 12.2 Å². The molecule has 1 aromatic rings. The van der Waals surface area contributed by atoms with Gasteiger partial charge in [0.25, 0.3) is 5.91 Å². The summed E-state index contributed by atoms with van der Waals surface area (Å²) in [7, 11) is 0. The molecule has 0 saturated heterocycles. The summed E-state index contributed by atoms with van der Waals surface area (Å²) in [6, 6.07) is 3.10. The molecule has 0 heterocycles. The van der Waals surface area contributed by atoms with Gasteiger partial charge in [0, 0.05) is 22.7 Å². The quantitative estimate of drug-likeness (QED) is 0.877. The first kappa shape index (κ1) is 17.0. The fourth-order valence-electron chi connectivity index (χ4n) is 1.53. The normalized spacial score (nSPS) is 13.1. The van der Waals surface area contributed by atoms with Crippen molar-refractivity contribution in [2.75, 3.05) is 13.2 Å². The molecule has 1 rings (SSSR count). The standard InChI is InChI=1S/C13H15BrF3NO2/c1-3-20-7-8(2)18-12(19)9-4-5-11(14)10(6-9)13(15,16)17/h4-6,8H,3,7H2,1-2H3,(H,18,19). The second kappa shape index (κ2) is 7.08. The van der Waals surface area contributed by atoms with Gasteiger partial charge in [-0.05, 0) is 32.0 Å². The van der Waals surface area contributed by atoms with Crippen molar-refractivity contribution < 1.29 is 22.7 Å². The highest BCUT2D eigenvalue weighted by Crippen LogP contribution is 2.35. The molecule has 112 valence electrons. The zero-order chi connectivity index (χ0) is 15.3. The van der Waals surface area contributed by atoms with Gasteiger partial charge in [-0.1, -0.05) is 15.9 Å². The van der Waals surface area contributed by atoms with E-state index in [-0.39, 0.29) is 16.1 Å². The van der Waals surface area contributed by atoms with Crippen LogP contribution in [0.25, 0.3) is 0 Å². The number of hydrogen-bond donors (Lipinski definition) is 1. The Bertz CT molecular complexity index is 477. The van der Waals surface area contributed by atoms with E-state index in [1.807, 2.05) is 6.92 Å². The molecule has 0 fully saturated rings. The molecule has 0 aliphatic heterocycles. The Morgan fingerprint density at radius 1 is 1.45 bits per heavy atom. The smallest absolute Gasteiger partial charge is 0.380 e. The number of nitrogens with one attached hydrogen (secondary N) is 1. The Labute approximate surface area is 123 Å². The molecule has 20 heavy (non-hydrogen) atoms. The van der Waals surface area contributed by atoms with Crippen LogP contribution in [0.15, 0.2) is 22.7 Å². The predicted molar refractivity (Wildman–Crippen MR) is 72.6 cm³/mol. The number of ether oxygens (including phenoxy) is 1.